The first-order chi connectivity index (χ1) is 19.0. The summed E-state index contributed by atoms with van der Waals surface area (Å²) in [6.07, 6.45) is 4.82. The van der Waals surface area contributed by atoms with Gasteiger partial charge in [0.25, 0.3) is 0 Å². The Morgan fingerprint density at radius 1 is 1.03 bits per heavy atom. The second-order valence-electron chi connectivity index (χ2n) is 10.8. The zero-order chi connectivity index (χ0) is 27.2. The molecule has 3 heterocycles. The molecule has 1 fully saturated rings. The number of anilines is 2. The maximum absolute atomic E-state index is 12.9. The molecule has 0 saturated carbocycles. The van der Waals surface area contributed by atoms with Gasteiger partial charge in [0.15, 0.2) is 0 Å². The van der Waals surface area contributed by atoms with Gasteiger partial charge in [0.2, 0.25) is 0 Å². The van der Waals surface area contributed by atoms with Gasteiger partial charge in [-0.1, -0.05) is 24.3 Å². The molecular formula is C30H42N8O. The van der Waals surface area contributed by atoms with Crippen molar-refractivity contribution in [3.05, 3.63) is 77.5 Å². The Morgan fingerprint density at radius 3 is 2.56 bits per heavy atom. The van der Waals surface area contributed by atoms with Gasteiger partial charge in [0.05, 0.1) is 5.69 Å². The summed E-state index contributed by atoms with van der Waals surface area (Å²) in [5, 5.41) is 10.00. The highest BCUT2D eigenvalue weighted by molar-refractivity contribution is 5.96. The van der Waals surface area contributed by atoms with E-state index >= 15 is 0 Å². The molecule has 0 spiro atoms. The van der Waals surface area contributed by atoms with Crippen LogP contribution in [0, 0.1) is 0 Å². The highest BCUT2D eigenvalue weighted by atomic mass is 16.2. The van der Waals surface area contributed by atoms with Crippen LogP contribution in [0.5, 0.6) is 0 Å². The van der Waals surface area contributed by atoms with Crippen molar-refractivity contribution in [2.75, 3.05) is 76.3 Å². The van der Waals surface area contributed by atoms with E-state index in [2.05, 4.69) is 87.2 Å². The Labute approximate surface area is 232 Å². The molecule has 2 aromatic carbocycles. The summed E-state index contributed by atoms with van der Waals surface area (Å²) in [4.78, 5) is 21.9. The number of piperazine rings is 1. The van der Waals surface area contributed by atoms with Crippen LogP contribution >= 0.6 is 0 Å². The first kappa shape index (κ1) is 27.2. The average molecular weight is 531 g/mol. The first-order valence-electron chi connectivity index (χ1n) is 14.0. The minimum Gasteiger partial charge on any atom is -0.369 e. The van der Waals surface area contributed by atoms with E-state index < -0.39 is 0 Å². The average Bonchev–Trinajstić information content (AvgIpc) is 3.37. The number of carbonyl (C=O) groups excluding carboxylic acids is 1. The monoisotopic (exact) mass is 530 g/mol. The smallest absolute Gasteiger partial charge is 0.327 e. The number of amides is 2. The van der Waals surface area contributed by atoms with Crippen LogP contribution in [0.15, 0.2) is 66.4 Å². The number of hydrogen-bond acceptors (Lipinski definition) is 7. The molecule has 1 atom stereocenters. The normalized spacial score (nSPS) is 19.5. The van der Waals surface area contributed by atoms with Crippen molar-refractivity contribution in [2.45, 2.75) is 19.1 Å². The van der Waals surface area contributed by atoms with Crippen LogP contribution in [-0.4, -0.2) is 88.5 Å². The summed E-state index contributed by atoms with van der Waals surface area (Å²) in [7, 11) is 4.26. The Bertz CT molecular complexity index is 1180. The Morgan fingerprint density at radius 2 is 1.82 bits per heavy atom. The minimum atomic E-state index is -0.223. The largest absolute Gasteiger partial charge is 0.369 e. The predicted octanol–water partition coefficient (Wildman–Crippen LogP) is 2.19. The van der Waals surface area contributed by atoms with Crippen molar-refractivity contribution in [3.63, 3.8) is 0 Å². The molecule has 208 valence electrons. The number of hydrogen-bond donors (Lipinski definition) is 4. The number of urea groups is 1. The van der Waals surface area contributed by atoms with E-state index in [4.69, 9.17) is 5.73 Å². The zero-order valence-corrected chi connectivity index (χ0v) is 23.2. The molecule has 3 aliphatic rings. The van der Waals surface area contributed by atoms with E-state index in [1.165, 1.54) is 11.3 Å². The molecule has 9 nitrogen and oxygen atoms in total. The molecule has 2 aromatic rings. The third kappa shape index (κ3) is 6.80. The van der Waals surface area contributed by atoms with E-state index in [9.17, 15) is 4.79 Å². The van der Waals surface area contributed by atoms with E-state index in [0.29, 0.717) is 6.54 Å². The lowest BCUT2D eigenvalue weighted by molar-refractivity contribution is 0.229. The van der Waals surface area contributed by atoms with Gasteiger partial charge in [-0.05, 0) is 75.1 Å². The lowest BCUT2D eigenvalue weighted by atomic mass is 10.1. The van der Waals surface area contributed by atoms with Crippen LogP contribution in [0.3, 0.4) is 0 Å². The van der Waals surface area contributed by atoms with Crippen molar-refractivity contribution in [3.8, 4) is 0 Å². The van der Waals surface area contributed by atoms with Gasteiger partial charge < -0.3 is 31.5 Å². The summed E-state index contributed by atoms with van der Waals surface area (Å²) >= 11 is 0. The lowest BCUT2D eigenvalue weighted by Crippen LogP contribution is -2.51. The molecule has 1 unspecified atom stereocenters. The molecular weight excluding hydrogens is 488 g/mol. The lowest BCUT2D eigenvalue weighted by Gasteiger charge is -2.36. The van der Waals surface area contributed by atoms with Gasteiger partial charge in [-0.3, -0.25) is 9.80 Å². The SMILES string of the molecule is CN(C)CCN1CCN(c2cccc(C3=CC4=CN(c5ccc(CNCCCN)cc5)C(=O)NC4N3)c2)CC1. The molecule has 2 amide bonds. The van der Waals surface area contributed by atoms with Crippen LogP contribution in [0.2, 0.25) is 0 Å². The van der Waals surface area contributed by atoms with Gasteiger partial charge in [-0.25, -0.2) is 4.79 Å². The maximum Gasteiger partial charge on any atom is 0.327 e. The Balaban J connectivity index is 1.23. The second kappa shape index (κ2) is 12.7. The fourth-order valence-electron chi connectivity index (χ4n) is 5.20. The zero-order valence-electron chi connectivity index (χ0n) is 23.2. The summed E-state index contributed by atoms with van der Waals surface area (Å²) in [5.74, 6) is 0. The van der Waals surface area contributed by atoms with Crippen LogP contribution in [0.1, 0.15) is 17.5 Å². The molecule has 0 aromatic heterocycles. The Kier molecular flexibility index (Phi) is 8.83. The summed E-state index contributed by atoms with van der Waals surface area (Å²) < 4.78 is 0. The number of likely N-dealkylation sites (N-methyl/N-ethyl adjacent to an activating group) is 1. The summed E-state index contributed by atoms with van der Waals surface area (Å²) in [5.41, 5.74) is 12.0. The van der Waals surface area contributed by atoms with Crippen molar-refractivity contribution >= 4 is 23.1 Å². The van der Waals surface area contributed by atoms with Gasteiger partial charge in [0.1, 0.15) is 6.17 Å². The van der Waals surface area contributed by atoms with Gasteiger partial charge in [-0.2, -0.15) is 0 Å². The topological polar surface area (TPSA) is 92.1 Å². The quantitative estimate of drug-likeness (QED) is 0.331. The molecule has 5 rings (SSSR count). The van der Waals surface area contributed by atoms with Crippen molar-refractivity contribution in [1.82, 2.24) is 25.8 Å². The molecule has 1 saturated heterocycles. The van der Waals surface area contributed by atoms with Gasteiger partial charge >= 0.3 is 6.03 Å². The number of carbonyl (C=O) groups is 1. The Hall–Kier alpha value is -3.37. The molecule has 0 aliphatic carbocycles. The maximum atomic E-state index is 12.9. The van der Waals surface area contributed by atoms with Crippen molar-refractivity contribution in [2.24, 2.45) is 5.73 Å². The minimum absolute atomic E-state index is 0.138. The predicted molar refractivity (Wildman–Crippen MR) is 159 cm³/mol. The fourth-order valence-corrected chi connectivity index (χ4v) is 5.20. The van der Waals surface area contributed by atoms with Crippen LogP contribution in [0.25, 0.3) is 5.70 Å². The molecule has 0 radical (unpaired) electrons. The number of nitrogens with zero attached hydrogens (tertiary/aromatic N) is 4. The first-order valence-corrected chi connectivity index (χ1v) is 14.0. The molecule has 39 heavy (non-hydrogen) atoms. The van der Waals surface area contributed by atoms with Gasteiger partial charge in [-0.15, -0.1) is 0 Å². The van der Waals surface area contributed by atoms with Gasteiger partial charge in [0, 0.05) is 69.0 Å². The highest BCUT2D eigenvalue weighted by Crippen LogP contribution is 2.30. The third-order valence-corrected chi connectivity index (χ3v) is 7.57. The van der Waals surface area contributed by atoms with E-state index in [0.717, 1.165) is 81.3 Å². The summed E-state index contributed by atoms with van der Waals surface area (Å²) in [6.45, 7) is 8.83. The van der Waals surface area contributed by atoms with Crippen LogP contribution in [0.4, 0.5) is 16.2 Å². The van der Waals surface area contributed by atoms with Crippen molar-refractivity contribution in [1.29, 1.82) is 0 Å². The molecule has 5 N–H and O–H groups in total. The highest BCUT2D eigenvalue weighted by Gasteiger charge is 2.31. The molecule has 0 bridgehead atoms. The van der Waals surface area contributed by atoms with E-state index in [-0.39, 0.29) is 12.2 Å². The van der Waals surface area contributed by atoms with Crippen molar-refractivity contribution < 1.29 is 4.79 Å². The van der Waals surface area contributed by atoms with E-state index in [1.807, 2.05) is 18.3 Å². The fraction of sp³-hybridized carbons (Fsp3) is 0.433. The summed E-state index contributed by atoms with van der Waals surface area (Å²) in [6, 6.07) is 16.7. The number of fused-ring (bicyclic) bond motifs is 1. The number of rotatable bonds is 11. The molecule has 9 heteroatoms. The molecule has 3 aliphatic heterocycles. The van der Waals surface area contributed by atoms with Crippen LogP contribution in [-0.2, 0) is 6.54 Å². The number of benzene rings is 2. The second-order valence-corrected chi connectivity index (χ2v) is 10.8. The van der Waals surface area contributed by atoms with E-state index in [1.54, 1.807) is 4.90 Å². The number of nitrogens with two attached hydrogens (primary N) is 1. The standard InChI is InChI=1S/C30H42N8O/c1-35(2)13-14-36-15-17-37(18-16-36)27-6-3-5-24(19-27)28-20-25-22-38(30(39)34-29(25)33-28)26-9-7-23(8-10-26)21-32-12-4-11-31/h3,5-10,19-20,22,29,32-33H,4,11-18,21,31H2,1-2H3,(H,34,39). The number of nitrogens with one attached hydrogen (secondary N) is 3. The third-order valence-electron chi connectivity index (χ3n) is 7.57. The van der Waals surface area contributed by atoms with Crippen LogP contribution < -0.4 is 31.5 Å².